The standard InChI is InChI=1S/C26H32N4O5/c1-3-35-25(31)20-15-28-24(27-14-16-7-5-4-6-8-16)23(30(32)33)22(20)29-21-18-9-17-10-19(21)13-26(11-17,12-18)34-2/h4-8,15,17-19,21H,3,9-14H2,1-2H3,(H2,27,28,29)/t17?,18-,19+,21?,26-. The molecule has 4 saturated carbocycles. The number of hydrogen-bond acceptors (Lipinski definition) is 8. The maximum Gasteiger partial charge on any atom is 0.342 e. The van der Waals surface area contributed by atoms with Gasteiger partial charge in [0.1, 0.15) is 11.3 Å². The van der Waals surface area contributed by atoms with Crippen LogP contribution in [0, 0.1) is 27.9 Å². The smallest absolute Gasteiger partial charge is 0.342 e. The average molecular weight is 481 g/mol. The molecule has 2 unspecified atom stereocenters. The van der Waals surface area contributed by atoms with E-state index in [1.54, 1.807) is 14.0 Å². The molecule has 35 heavy (non-hydrogen) atoms. The SMILES string of the molecule is CCOC(=O)c1cnc(NCc2ccccc2)c([N+](=O)[O-])c1NC1[C@@H]2CC3C[C@H]1C[C@@](OC)(C3)C2. The minimum absolute atomic E-state index is 0.0334. The number of anilines is 2. The van der Waals surface area contributed by atoms with Crippen LogP contribution in [0.5, 0.6) is 0 Å². The van der Waals surface area contributed by atoms with Gasteiger partial charge in [0.2, 0.25) is 5.82 Å². The Kier molecular flexibility index (Phi) is 6.35. The molecule has 0 aliphatic heterocycles. The van der Waals surface area contributed by atoms with Crippen LogP contribution in [0.3, 0.4) is 0 Å². The van der Waals surface area contributed by atoms with Crippen LogP contribution in [0.15, 0.2) is 36.5 Å². The Morgan fingerprint density at radius 3 is 2.54 bits per heavy atom. The number of carbonyl (C=O) groups is 1. The summed E-state index contributed by atoms with van der Waals surface area (Å²) >= 11 is 0. The van der Waals surface area contributed by atoms with Gasteiger partial charge < -0.3 is 20.1 Å². The second-order valence-electron chi connectivity index (χ2n) is 10.1. The molecular formula is C26H32N4O5. The van der Waals surface area contributed by atoms with Crippen LogP contribution >= 0.6 is 0 Å². The number of pyridine rings is 1. The maximum atomic E-state index is 12.8. The predicted octanol–water partition coefficient (Wildman–Crippen LogP) is 4.78. The highest BCUT2D eigenvalue weighted by atomic mass is 16.6. The van der Waals surface area contributed by atoms with Crippen molar-refractivity contribution in [1.82, 2.24) is 4.98 Å². The molecule has 1 heterocycles. The van der Waals surface area contributed by atoms with Crippen LogP contribution in [-0.2, 0) is 16.0 Å². The molecule has 4 fully saturated rings. The van der Waals surface area contributed by atoms with Crippen molar-refractivity contribution in [3.63, 3.8) is 0 Å². The Morgan fingerprint density at radius 2 is 1.91 bits per heavy atom. The number of nitrogens with zero attached hydrogens (tertiary/aromatic N) is 2. The third kappa shape index (κ3) is 4.45. The molecule has 9 nitrogen and oxygen atoms in total. The summed E-state index contributed by atoms with van der Waals surface area (Å²) in [7, 11) is 1.80. The molecule has 9 heteroatoms. The summed E-state index contributed by atoms with van der Waals surface area (Å²) < 4.78 is 11.2. The van der Waals surface area contributed by atoms with Crippen LogP contribution in [0.4, 0.5) is 17.2 Å². The molecule has 4 aliphatic carbocycles. The normalized spacial score (nSPS) is 28.5. The second-order valence-corrected chi connectivity index (χ2v) is 10.1. The molecule has 186 valence electrons. The van der Waals surface area contributed by atoms with Crippen molar-refractivity contribution in [3.05, 3.63) is 57.8 Å². The van der Waals surface area contributed by atoms with Crippen molar-refractivity contribution in [2.45, 2.75) is 57.2 Å². The highest BCUT2D eigenvalue weighted by molar-refractivity contribution is 5.99. The van der Waals surface area contributed by atoms with Crippen molar-refractivity contribution in [1.29, 1.82) is 0 Å². The van der Waals surface area contributed by atoms with E-state index in [1.165, 1.54) is 6.20 Å². The number of aromatic nitrogens is 1. The average Bonchev–Trinajstić information content (AvgIpc) is 2.85. The predicted molar refractivity (Wildman–Crippen MR) is 131 cm³/mol. The van der Waals surface area contributed by atoms with E-state index in [0.717, 1.165) is 37.7 Å². The van der Waals surface area contributed by atoms with E-state index in [9.17, 15) is 14.9 Å². The van der Waals surface area contributed by atoms with E-state index in [2.05, 4.69) is 15.6 Å². The lowest BCUT2D eigenvalue weighted by Gasteiger charge is -2.59. The Balaban J connectivity index is 1.50. The summed E-state index contributed by atoms with van der Waals surface area (Å²) in [6.07, 6.45) is 6.49. The van der Waals surface area contributed by atoms with Gasteiger partial charge in [-0.1, -0.05) is 30.3 Å². The van der Waals surface area contributed by atoms with Gasteiger partial charge >= 0.3 is 11.7 Å². The highest BCUT2D eigenvalue weighted by Gasteiger charge is 2.56. The Bertz CT molecular complexity index is 1090. The minimum atomic E-state index is -0.614. The zero-order valence-corrected chi connectivity index (χ0v) is 20.2. The highest BCUT2D eigenvalue weighted by Crippen LogP contribution is 2.58. The summed E-state index contributed by atoms with van der Waals surface area (Å²) in [5, 5.41) is 18.9. The van der Waals surface area contributed by atoms with Gasteiger partial charge in [0.15, 0.2) is 0 Å². The third-order valence-corrected chi connectivity index (χ3v) is 7.99. The van der Waals surface area contributed by atoms with Gasteiger partial charge in [-0.15, -0.1) is 0 Å². The first kappa shape index (κ1) is 23.5. The first-order valence-electron chi connectivity index (χ1n) is 12.4. The topological polar surface area (TPSA) is 116 Å². The van der Waals surface area contributed by atoms with Gasteiger partial charge in [0.25, 0.3) is 0 Å². The Hall–Kier alpha value is -3.20. The lowest BCUT2D eigenvalue weighted by molar-refractivity contribution is -0.383. The van der Waals surface area contributed by atoms with Crippen LogP contribution in [0.25, 0.3) is 0 Å². The molecule has 6 rings (SSSR count). The van der Waals surface area contributed by atoms with Gasteiger partial charge in [0, 0.05) is 25.9 Å². The maximum absolute atomic E-state index is 12.8. The molecule has 4 bridgehead atoms. The first-order valence-corrected chi connectivity index (χ1v) is 12.4. The molecule has 4 aliphatic rings. The van der Waals surface area contributed by atoms with Crippen molar-refractivity contribution >= 4 is 23.2 Å². The molecule has 5 atom stereocenters. The van der Waals surface area contributed by atoms with E-state index in [1.807, 2.05) is 30.3 Å². The fourth-order valence-electron chi connectivity index (χ4n) is 6.70. The summed E-state index contributed by atoms with van der Waals surface area (Å²) in [6.45, 7) is 2.26. The molecular weight excluding hydrogens is 448 g/mol. The molecule has 2 aromatic rings. The second kappa shape index (κ2) is 9.45. The van der Waals surface area contributed by atoms with Crippen molar-refractivity contribution < 1.29 is 19.2 Å². The van der Waals surface area contributed by atoms with Crippen LogP contribution in [0.1, 0.15) is 54.9 Å². The Morgan fingerprint density at radius 1 is 1.20 bits per heavy atom. The number of nitro groups is 1. The van der Waals surface area contributed by atoms with Gasteiger partial charge in [0.05, 0.1) is 17.1 Å². The summed E-state index contributed by atoms with van der Waals surface area (Å²) in [5.74, 6) is 0.823. The van der Waals surface area contributed by atoms with Gasteiger partial charge in [-0.25, -0.2) is 9.78 Å². The van der Waals surface area contributed by atoms with E-state index >= 15 is 0 Å². The van der Waals surface area contributed by atoms with Crippen LogP contribution in [0.2, 0.25) is 0 Å². The van der Waals surface area contributed by atoms with Gasteiger partial charge in [-0.3, -0.25) is 10.1 Å². The molecule has 1 aromatic carbocycles. The molecule has 0 amide bonds. The number of rotatable bonds is 9. The molecule has 0 radical (unpaired) electrons. The number of hydrogen-bond donors (Lipinski definition) is 2. The lowest BCUT2D eigenvalue weighted by atomic mass is 9.52. The fraction of sp³-hybridized carbons (Fsp3) is 0.538. The number of benzene rings is 1. The van der Waals surface area contributed by atoms with Crippen molar-refractivity contribution in [2.75, 3.05) is 24.4 Å². The number of ether oxygens (including phenoxy) is 2. The number of nitrogens with one attached hydrogen (secondary N) is 2. The summed E-state index contributed by atoms with van der Waals surface area (Å²) in [4.78, 5) is 29.0. The van der Waals surface area contributed by atoms with Crippen LogP contribution in [-0.4, -0.2) is 41.2 Å². The van der Waals surface area contributed by atoms with Gasteiger partial charge in [-0.05, 0) is 62.3 Å². The number of carbonyl (C=O) groups excluding carboxylic acids is 1. The zero-order chi connectivity index (χ0) is 24.6. The molecule has 1 aromatic heterocycles. The Labute approximate surface area is 204 Å². The first-order chi connectivity index (χ1) is 16.9. The zero-order valence-electron chi connectivity index (χ0n) is 20.2. The van der Waals surface area contributed by atoms with Crippen molar-refractivity contribution in [2.24, 2.45) is 17.8 Å². The third-order valence-electron chi connectivity index (χ3n) is 7.99. The minimum Gasteiger partial charge on any atom is -0.462 e. The molecule has 0 spiro atoms. The largest absolute Gasteiger partial charge is 0.462 e. The van der Waals surface area contributed by atoms with E-state index in [4.69, 9.17) is 9.47 Å². The number of esters is 1. The summed E-state index contributed by atoms with van der Waals surface area (Å²) in [6, 6.07) is 9.64. The molecule has 0 saturated heterocycles. The quantitative estimate of drug-likeness (QED) is 0.299. The van der Waals surface area contributed by atoms with E-state index in [0.29, 0.717) is 24.3 Å². The fourth-order valence-corrected chi connectivity index (χ4v) is 6.70. The van der Waals surface area contributed by atoms with Crippen LogP contribution < -0.4 is 10.6 Å². The van der Waals surface area contributed by atoms with Crippen molar-refractivity contribution in [3.8, 4) is 0 Å². The number of methoxy groups -OCH3 is 1. The van der Waals surface area contributed by atoms with Gasteiger partial charge in [-0.2, -0.15) is 0 Å². The molecule has 2 N–H and O–H groups in total. The van der Waals surface area contributed by atoms with E-state index in [-0.39, 0.29) is 41.0 Å². The summed E-state index contributed by atoms with van der Waals surface area (Å²) in [5.41, 5.74) is 0.966. The van der Waals surface area contributed by atoms with E-state index < -0.39 is 10.9 Å². The lowest BCUT2D eigenvalue weighted by Crippen LogP contribution is -2.59. The monoisotopic (exact) mass is 480 g/mol.